The van der Waals surface area contributed by atoms with Crippen LogP contribution in [0.3, 0.4) is 0 Å². The topological polar surface area (TPSA) is 51.2 Å². The highest BCUT2D eigenvalue weighted by atomic mass is 32.1. The Bertz CT molecular complexity index is 986. The van der Waals surface area contributed by atoms with Crippen molar-refractivity contribution in [2.45, 2.75) is 12.8 Å². The van der Waals surface area contributed by atoms with Crippen molar-refractivity contribution in [1.82, 2.24) is 4.98 Å². The second-order valence-electron chi connectivity index (χ2n) is 5.58. The van der Waals surface area contributed by atoms with Gasteiger partial charge in [-0.15, -0.1) is 24.5 Å². The van der Waals surface area contributed by atoms with E-state index in [4.69, 9.17) is 0 Å². The number of rotatable bonds is 5. The quantitative estimate of drug-likeness (QED) is 0.587. The smallest absolute Gasteiger partial charge is 0.406 e. The summed E-state index contributed by atoms with van der Waals surface area (Å²) in [7, 11) is 0. The summed E-state index contributed by atoms with van der Waals surface area (Å²) in [4.78, 5) is 16.8. The Morgan fingerprint density at radius 1 is 1.11 bits per heavy atom. The van der Waals surface area contributed by atoms with E-state index in [1.807, 2.05) is 0 Å². The van der Waals surface area contributed by atoms with Gasteiger partial charge in [-0.1, -0.05) is 12.1 Å². The molecule has 0 aliphatic heterocycles. The Morgan fingerprint density at radius 2 is 1.82 bits per heavy atom. The second kappa shape index (κ2) is 7.93. The number of amides is 1. The molecule has 2 aromatic carbocycles. The lowest BCUT2D eigenvalue weighted by atomic mass is 10.1. The molecule has 0 bridgehead atoms. The van der Waals surface area contributed by atoms with E-state index in [0.29, 0.717) is 18.1 Å². The van der Waals surface area contributed by atoms with Crippen LogP contribution in [0.1, 0.15) is 20.8 Å². The van der Waals surface area contributed by atoms with E-state index in [-0.39, 0.29) is 16.4 Å². The minimum atomic E-state index is -4.75. The van der Waals surface area contributed by atoms with Crippen LogP contribution >= 0.6 is 11.3 Å². The number of carbonyl (C=O) groups excluding carboxylic acids is 1. The number of aromatic nitrogens is 1. The molecule has 0 unspecified atom stereocenters. The van der Waals surface area contributed by atoms with Gasteiger partial charge in [-0.3, -0.25) is 10.1 Å². The Labute approximate surface area is 159 Å². The van der Waals surface area contributed by atoms with Crippen LogP contribution in [-0.4, -0.2) is 17.3 Å². The van der Waals surface area contributed by atoms with Gasteiger partial charge in [-0.05, 0) is 29.8 Å². The van der Waals surface area contributed by atoms with Gasteiger partial charge in [0.15, 0.2) is 5.13 Å². The van der Waals surface area contributed by atoms with Gasteiger partial charge in [0, 0.05) is 23.6 Å². The molecule has 1 N–H and O–H groups in total. The van der Waals surface area contributed by atoms with Crippen molar-refractivity contribution in [2.75, 3.05) is 5.32 Å². The summed E-state index contributed by atoms with van der Waals surface area (Å²) in [6.07, 6.45) is -2.90. The van der Waals surface area contributed by atoms with E-state index in [1.165, 1.54) is 30.5 Å². The van der Waals surface area contributed by atoms with Crippen molar-refractivity contribution in [3.05, 3.63) is 76.3 Å². The fourth-order valence-corrected chi connectivity index (χ4v) is 3.14. The first-order valence-electron chi connectivity index (χ1n) is 7.75. The Morgan fingerprint density at radius 3 is 2.46 bits per heavy atom. The maximum atomic E-state index is 13.6. The van der Waals surface area contributed by atoms with Gasteiger partial charge in [-0.2, -0.15) is 0 Å². The number of hydrogen-bond donors (Lipinski definition) is 1. The minimum absolute atomic E-state index is 0.209. The molecule has 1 heterocycles. The number of hydrogen-bond acceptors (Lipinski definition) is 4. The molecule has 4 nitrogen and oxygen atoms in total. The van der Waals surface area contributed by atoms with Crippen LogP contribution in [0.2, 0.25) is 0 Å². The Hall–Kier alpha value is -3.01. The van der Waals surface area contributed by atoms with Crippen molar-refractivity contribution in [1.29, 1.82) is 0 Å². The van der Waals surface area contributed by atoms with Crippen molar-refractivity contribution in [3.8, 4) is 5.75 Å². The summed E-state index contributed by atoms with van der Waals surface area (Å²) in [5.41, 5.74) is 0.388. The van der Waals surface area contributed by atoms with Gasteiger partial charge < -0.3 is 4.74 Å². The predicted molar refractivity (Wildman–Crippen MR) is 92.4 cm³/mol. The molecule has 0 fully saturated rings. The molecule has 0 aliphatic carbocycles. The molecule has 10 heteroatoms. The lowest BCUT2D eigenvalue weighted by molar-refractivity contribution is -0.274. The lowest BCUT2D eigenvalue weighted by Crippen LogP contribution is -2.17. The number of halogens is 5. The molecule has 0 atom stereocenters. The van der Waals surface area contributed by atoms with Crippen LogP contribution in [0, 0.1) is 11.6 Å². The van der Waals surface area contributed by atoms with Crippen LogP contribution in [0.4, 0.5) is 27.1 Å². The molecule has 3 rings (SSSR count). The highest BCUT2D eigenvalue weighted by molar-refractivity contribution is 7.15. The normalized spacial score (nSPS) is 11.3. The van der Waals surface area contributed by atoms with Crippen molar-refractivity contribution >= 4 is 22.4 Å². The van der Waals surface area contributed by atoms with Crippen molar-refractivity contribution in [2.24, 2.45) is 0 Å². The summed E-state index contributed by atoms with van der Waals surface area (Å²) in [5.74, 6) is -2.88. The molecule has 0 saturated heterocycles. The van der Waals surface area contributed by atoms with Gasteiger partial charge >= 0.3 is 6.36 Å². The maximum Gasteiger partial charge on any atom is 0.573 e. The van der Waals surface area contributed by atoms with E-state index >= 15 is 0 Å². The number of benzene rings is 2. The number of alkyl halides is 3. The molecule has 0 saturated carbocycles. The molecule has 3 aromatic rings. The van der Waals surface area contributed by atoms with Crippen molar-refractivity contribution in [3.63, 3.8) is 0 Å². The first-order chi connectivity index (χ1) is 13.2. The number of nitrogens with one attached hydrogen (secondary N) is 1. The predicted octanol–water partition coefficient (Wildman–Crippen LogP) is 5.16. The highest BCUT2D eigenvalue weighted by Gasteiger charge is 2.30. The van der Waals surface area contributed by atoms with Gasteiger partial charge in [0.2, 0.25) is 0 Å². The van der Waals surface area contributed by atoms with E-state index in [1.54, 1.807) is 0 Å². The van der Waals surface area contributed by atoms with E-state index in [0.717, 1.165) is 28.3 Å². The summed E-state index contributed by atoms with van der Waals surface area (Å²) in [6, 6.07) is 7.96. The monoisotopic (exact) mass is 414 g/mol. The highest BCUT2D eigenvalue weighted by Crippen LogP contribution is 2.25. The standard InChI is InChI=1S/C18H11F5N2O2S/c19-11-3-6-14(15(20)8-11)16(26)25-17-24-9-13(28-17)7-10-1-4-12(5-2-10)27-18(21,22)23/h1-6,8-9H,7H2,(H,24,25,26). The first-order valence-corrected chi connectivity index (χ1v) is 8.57. The molecule has 1 amide bonds. The zero-order valence-corrected chi connectivity index (χ0v) is 14.7. The lowest BCUT2D eigenvalue weighted by Gasteiger charge is -2.08. The van der Waals surface area contributed by atoms with Crippen LogP contribution in [-0.2, 0) is 6.42 Å². The number of nitrogens with zero attached hydrogens (tertiary/aromatic N) is 1. The average Bonchev–Trinajstić information content (AvgIpc) is 3.02. The summed E-state index contributed by atoms with van der Waals surface area (Å²) >= 11 is 1.12. The van der Waals surface area contributed by atoms with E-state index < -0.39 is 23.9 Å². The fraction of sp³-hybridized carbons (Fsp3) is 0.111. The number of anilines is 1. The Balaban J connectivity index is 1.63. The molecule has 146 valence electrons. The first kappa shape index (κ1) is 19.7. The number of carbonyl (C=O) groups is 1. The van der Waals surface area contributed by atoms with Crippen LogP contribution < -0.4 is 10.1 Å². The van der Waals surface area contributed by atoms with Gasteiger partial charge in [-0.25, -0.2) is 13.8 Å². The SMILES string of the molecule is O=C(Nc1ncc(Cc2ccc(OC(F)(F)F)cc2)s1)c1ccc(F)cc1F. The van der Waals surface area contributed by atoms with Crippen LogP contribution in [0.5, 0.6) is 5.75 Å². The second-order valence-corrected chi connectivity index (χ2v) is 6.69. The van der Waals surface area contributed by atoms with Gasteiger partial charge in [0.25, 0.3) is 5.91 Å². The summed E-state index contributed by atoms with van der Waals surface area (Å²) in [6.45, 7) is 0. The molecular formula is C18H11F5N2O2S. The van der Waals surface area contributed by atoms with E-state index in [2.05, 4.69) is 15.0 Å². The third-order valence-electron chi connectivity index (χ3n) is 3.49. The maximum absolute atomic E-state index is 13.6. The molecule has 1 aromatic heterocycles. The van der Waals surface area contributed by atoms with Gasteiger partial charge in [0.1, 0.15) is 17.4 Å². The number of thiazole rings is 1. The summed E-state index contributed by atoms with van der Waals surface area (Å²) in [5, 5.41) is 2.63. The average molecular weight is 414 g/mol. The zero-order valence-electron chi connectivity index (χ0n) is 13.9. The molecule has 28 heavy (non-hydrogen) atoms. The zero-order chi connectivity index (χ0) is 20.3. The van der Waals surface area contributed by atoms with Gasteiger partial charge in [0.05, 0.1) is 5.56 Å². The third kappa shape index (κ3) is 5.26. The van der Waals surface area contributed by atoms with E-state index in [9.17, 15) is 26.7 Å². The van der Waals surface area contributed by atoms with Crippen LogP contribution in [0.15, 0.2) is 48.7 Å². The fourth-order valence-electron chi connectivity index (χ4n) is 2.30. The minimum Gasteiger partial charge on any atom is -0.406 e. The van der Waals surface area contributed by atoms with Crippen LogP contribution in [0.25, 0.3) is 0 Å². The molecular weight excluding hydrogens is 403 g/mol. The summed E-state index contributed by atoms with van der Waals surface area (Å²) < 4.78 is 66.8. The third-order valence-corrected chi connectivity index (χ3v) is 4.40. The largest absolute Gasteiger partial charge is 0.573 e. The molecule has 0 aliphatic rings. The molecule has 0 spiro atoms. The Kier molecular flexibility index (Phi) is 5.59. The van der Waals surface area contributed by atoms with Crippen molar-refractivity contribution < 1.29 is 31.5 Å². The number of ether oxygens (including phenoxy) is 1. The molecule has 0 radical (unpaired) electrons.